The van der Waals surface area contributed by atoms with E-state index in [9.17, 15) is 4.79 Å². The van der Waals surface area contributed by atoms with Crippen molar-refractivity contribution in [1.29, 1.82) is 0 Å². The molecule has 1 amide bonds. The van der Waals surface area contributed by atoms with Gasteiger partial charge in [0.1, 0.15) is 0 Å². The van der Waals surface area contributed by atoms with Crippen molar-refractivity contribution in [3.63, 3.8) is 0 Å². The first-order valence-electron chi connectivity index (χ1n) is 6.13. The largest absolute Gasteiger partial charge is 0.444 e. The van der Waals surface area contributed by atoms with Gasteiger partial charge in [-0.15, -0.1) is 0 Å². The van der Waals surface area contributed by atoms with Crippen LogP contribution in [-0.4, -0.2) is 16.9 Å². The summed E-state index contributed by atoms with van der Waals surface area (Å²) in [5.74, 6) is 0.562. The van der Waals surface area contributed by atoms with Gasteiger partial charge in [0.2, 0.25) is 5.91 Å². The van der Waals surface area contributed by atoms with Gasteiger partial charge in [-0.1, -0.05) is 26.0 Å². The SMILES string of the molecule is CC(C)[C@H](N)C(=O)Nc1cccc(-c2cnco2)c1. The maximum absolute atomic E-state index is 11.9. The molecule has 0 saturated carbocycles. The number of hydrogen-bond donors (Lipinski definition) is 2. The van der Waals surface area contributed by atoms with Gasteiger partial charge in [-0.2, -0.15) is 0 Å². The number of amides is 1. The lowest BCUT2D eigenvalue weighted by molar-refractivity contribution is -0.118. The Morgan fingerprint density at radius 1 is 1.42 bits per heavy atom. The molecule has 5 heteroatoms. The van der Waals surface area contributed by atoms with Crippen molar-refractivity contribution in [3.8, 4) is 11.3 Å². The van der Waals surface area contributed by atoms with Crippen LogP contribution in [0.5, 0.6) is 0 Å². The van der Waals surface area contributed by atoms with E-state index in [1.165, 1.54) is 6.39 Å². The number of nitrogens with zero attached hydrogens (tertiary/aromatic N) is 1. The van der Waals surface area contributed by atoms with Gasteiger partial charge >= 0.3 is 0 Å². The summed E-state index contributed by atoms with van der Waals surface area (Å²) in [6, 6.07) is 6.84. The summed E-state index contributed by atoms with van der Waals surface area (Å²) in [7, 11) is 0. The molecule has 0 aliphatic rings. The number of oxazole rings is 1. The molecule has 3 N–H and O–H groups in total. The van der Waals surface area contributed by atoms with Gasteiger partial charge in [0.15, 0.2) is 12.2 Å². The minimum absolute atomic E-state index is 0.0949. The Balaban J connectivity index is 2.14. The molecule has 0 saturated heterocycles. The van der Waals surface area contributed by atoms with E-state index in [1.54, 1.807) is 6.20 Å². The fourth-order valence-electron chi connectivity index (χ4n) is 1.64. The van der Waals surface area contributed by atoms with Crippen molar-refractivity contribution in [1.82, 2.24) is 4.98 Å². The number of nitrogens with two attached hydrogens (primary N) is 1. The van der Waals surface area contributed by atoms with Gasteiger partial charge in [-0.05, 0) is 18.1 Å². The molecule has 0 radical (unpaired) electrons. The number of hydrogen-bond acceptors (Lipinski definition) is 4. The number of benzene rings is 1. The smallest absolute Gasteiger partial charge is 0.241 e. The molecule has 1 atom stereocenters. The number of rotatable bonds is 4. The van der Waals surface area contributed by atoms with Gasteiger partial charge in [-0.25, -0.2) is 4.98 Å². The molecule has 0 fully saturated rings. The molecule has 1 heterocycles. The van der Waals surface area contributed by atoms with Crippen LogP contribution in [0.25, 0.3) is 11.3 Å². The Bertz CT molecular complexity index is 550. The highest BCUT2D eigenvalue weighted by Crippen LogP contribution is 2.22. The zero-order valence-corrected chi connectivity index (χ0v) is 11.0. The third kappa shape index (κ3) is 3.20. The number of anilines is 1. The standard InChI is InChI=1S/C14H17N3O2/c1-9(2)13(15)14(18)17-11-5-3-4-10(6-11)12-7-16-8-19-12/h3-9,13H,15H2,1-2H3,(H,17,18)/t13-/m0/s1. The number of carbonyl (C=O) groups is 1. The Labute approximate surface area is 111 Å². The highest BCUT2D eigenvalue weighted by atomic mass is 16.3. The van der Waals surface area contributed by atoms with Crippen molar-refractivity contribution < 1.29 is 9.21 Å². The maximum Gasteiger partial charge on any atom is 0.241 e. The highest BCUT2D eigenvalue weighted by molar-refractivity contribution is 5.95. The third-order valence-corrected chi connectivity index (χ3v) is 2.87. The molecule has 1 aromatic heterocycles. The van der Waals surface area contributed by atoms with E-state index in [-0.39, 0.29) is 11.8 Å². The molecule has 1 aromatic carbocycles. The monoisotopic (exact) mass is 259 g/mol. The molecular formula is C14H17N3O2. The number of aromatic nitrogens is 1. The normalized spacial score (nSPS) is 12.4. The van der Waals surface area contributed by atoms with E-state index in [1.807, 2.05) is 38.1 Å². The van der Waals surface area contributed by atoms with Crippen LogP contribution >= 0.6 is 0 Å². The van der Waals surface area contributed by atoms with Crippen LogP contribution < -0.4 is 11.1 Å². The van der Waals surface area contributed by atoms with Crippen molar-refractivity contribution in [2.75, 3.05) is 5.32 Å². The maximum atomic E-state index is 11.9. The van der Waals surface area contributed by atoms with Gasteiger partial charge in [0, 0.05) is 11.3 Å². The van der Waals surface area contributed by atoms with E-state index < -0.39 is 6.04 Å². The van der Waals surface area contributed by atoms with E-state index in [2.05, 4.69) is 10.3 Å². The van der Waals surface area contributed by atoms with Crippen LogP contribution in [0.4, 0.5) is 5.69 Å². The second-order valence-corrected chi connectivity index (χ2v) is 4.71. The second-order valence-electron chi connectivity index (χ2n) is 4.71. The molecule has 5 nitrogen and oxygen atoms in total. The molecule has 100 valence electrons. The molecule has 0 aliphatic carbocycles. The van der Waals surface area contributed by atoms with Crippen LogP contribution in [0.2, 0.25) is 0 Å². The topological polar surface area (TPSA) is 81.2 Å². The summed E-state index contributed by atoms with van der Waals surface area (Å²) in [5.41, 5.74) is 7.34. The summed E-state index contributed by atoms with van der Waals surface area (Å²) >= 11 is 0. The average molecular weight is 259 g/mol. The summed E-state index contributed by atoms with van der Waals surface area (Å²) in [5, 5.41) is 2.80. The van der Waals surface area contributed by atoms with E-state index in [0.29, 0.717) is 11.4 Å². The van der Waals surface area contributed by atoms with E-state index >= 15 is 0 Å². The van der Waals surface area contributed by atoms with Crippen LogP contribution in [0.1, 0.15) is 13.8 Å². The van der Waals surface area contributed by atoms with Crippen LogP contribution in [0.15, 0.2) is 41.3 Å². The summed E-state index contributed by atoms with van der Waals surface area (Å²) in [6.45, 7) is 3.82. The molecule has 19 heavy (non-hydrogen) atoms. The first-order valence-corrected chi connectivity index (χ1v) is 6.13. The summed E-state index contributed by atoms with van der Waals surface area (Å²) in [6.07, 6.45) is 3.00. The van der Waals surface area contributed by atoms with Crippen LogP contribution in [0, 0.1) is 5.92 Å². The molecular weight excluding hydrogens is 242 g/mol. The minimum atomic E-state index is -0.520. The number of carbonyl (C=O) groups excluding carboxylic acids is 1. The fourth-order valence-corrected chi connectivity index (χ4v) is 1.64. The minimum Gasteiger partial charge on any atom is -0.444 e. The fraction of sp³-hybridized carbons (Fsp3) is 0.286. The van der Waals surface area contributed by atoms with Crippen LogP contribution in [0.3, 0.4) is 0 Å². The average Bonchev–Trinajstić information content (AvgIpc) is 2.91. The Morgan fingerprint density at radius 2 is 2.21 bits per heavy atom. The van der Waals surface area contributed by atoms with Crippen molar-refractivity contribution in [2.45, 2.75) is 19.9 Å². The quantitative estimate of drug-likeness (QED) is 0.882. The predicted molar refractivity (Wildman–Crippen MR) is 73.4 cm³/mol. The lowest BCUT2D eigenvalue weighted by Crippen LogP contribution is -2.39. The Hall–Kier alpha value is -2.14. The lowest BCUT2D eigenvalue weighted by atomic mass is 10.0. The number of nitrogens with one attached hydrogen (secondary N) is 1. The van der Waals surface area contributed by atoms with Gasteiger partial charge < -0.3 is 15.5 Å². The highest BCUT2D eigenvalue weighted by Gasteiger charge is 2.17. The lowest BCUT2D eigenvalue weighted by Gasteiger charge is -2.15. The molecule has 2 rings (SSSR count). The molecule has 0 bridgehead atoms. The van der Waals surface area contributed by atoms with E-state index in [0.717, 1.165) is 5.56 Å². The predicted octanol–water partition coefficient (Wildman–Crippen LogP) is 2.26. The van der Waals surface area contributed by atoms with Gasteiger partial charge in [-0.3, -0.25) is 4.79 Å². The third-order valence-electron chi connectivity index (χ3n) is 2.87. The second kappa shape index (κ2) is 5.67. The zero-order chi connectivity index (χ0) is 13.8. The molecule has 2 aromatic rings. The van der Waals surface area contributed by atoms with Crippen molar-refractivity contribution >= 4 is 11.6 Å². The molecule has 0 spiro atoms. The Kier molecular flexibility index (Phi) is 3.97. The Morgan fingerprint density at radius 3 is 2.84 bits per heavy atom. The van der Waals surface area contributed by atoms with Gasteiger partial charge in [0.25, 0.3) is 0 Å². The van der Waals surface area contributed by atoms with Crippen LogP contribution in [-0.2, 0) is 4.79 Å². The molecule has 0 unspecified atom stereocenters. The summed E-state index contributed by atoms with van der Waals surface area (Å²) < 4.78 is 5.22. The first-order chi connectivity index (χ1) is 9.08. The summed E-state index contributed by atoms with van der Waals surface area (Å²) in [4.78, 5) is 15.7. The van der Waals surface area contributed by atoms with Crippen molar-refractivity contribution in [2.24, 2.45) is 11.7 Å². The molecule has 0 aliphatic heterocycles. The zero-order valence-electron chi connectivity index (χ0n) is 11.0. The van der Waals surface area contributed by atoms with Gasteiger partial charge in [0.05, 0.1) is 12.2 Å². The van der Waals surface area contributed by atoms with Crippen molar-refractivity contribution in [3.05, 3.63) is 36.9 Å². The first kappa shape index (κ1) is 13.3. The van der Waals surface area contributed by atoms with E-state index in [4.69, 9.17) is 10.2 Å².